The van der Waals surface area contributed by atoms with Crippen LogP contribution in [0.4, 0.5) is 15.6 Å². The maximum atomic E-state index is 12.9. The number of hydrogen-bond acceptors (Lipinski definition) is 6. The van der Waals surface area contributed by atoms with E-state index in [0.29, 0.717) is 17.0 Å². The molecule has 1 saturated carbocycles. The molecule has 0 bridgehead atoms. The molecule has 0 saturated heterocycles. The smallest absolute Gasteiger partial charge is 0.325 e. The maximum absolute atomic E-state index is 12.9. The van der Waals surface area contributed by atoms with Crippen LogP contribution in [0.25, 0.3) is 0 Å². The second-order valence-electron chi connectivity index (χ2n) is 6.65. The summed E-state index contributed by atoms with van der Waals surface area (Å²) in [6.07, 6.45) is 3.38. The van der Waals surface area contributed by atoms with Gasteiger partial charge in [-0.05, 0) is 31.0 Å². The van der Waals surface area contributed by atoms with Crippen molar-refractivity contribution in [3.05, 3.63) is 33.8 Å². The Morgan fingerprint density at radius 1 is 1.28 bits per heavy atom. The number of carbonyl (C=O) groups is 3. The van der Waals surface area contributed by atoms with Crippen LogP contribution in [0.5, 0.6) is 5.75 Å². The first kappa shape index (κ1) is 21.1. The minimum absolute atomic E-state index is 0.0160. The van der Waals surface area contributed by atoms with E-state index in [1.165, 1.54) is 7.11 Å². The van der Waals surface area contributed by atoms with Crippen molar-refractivity contribution in [1.82, 2.24) is 4.98 Å². The number of hydrogen-bond donors (Lipinski definition) is 3. The lowest BCUT2D eigenvalue weighted by atomic mass is 9.95. The molecule has 0 atom stereocenters. The van der Waals surface area contributed by atoms with E-state index in [0.717, 1.165) is 37.0 Å². The molecule has 3 N–H and O–H groups in total. The van der Waals surface area contributed by atoms with Gasteiger partial charge < -0.3 is 15.2 Å². The van der Waals surface area contributed by atoms with Crippen LogP contribution in [-0.4, -0.2) is 35.0 Å². The van der Waals surface area contributed by atoms with E-state index in [1.807, 2.05) is 0 Å². The van der Waals surface area contributed by atoms with Gasteiger partial charge in [0.25, 0.3) is 0 Å². The van der Waals surface area contributed by atoms with Crippen LogP contribution in [0, 0.1) is 5.92 Å². The number of ketones is 1. The van der Waals surface area contributed by atoms with Crippen molar-refractivity contribution in [3.63, 3.8) is 0 Å². The van der Waals surface area contributed by atoms with E-state index in [-0.39, 0.29) is 33.3 Å². The molecule has 1 aromatic carbocycles. The lowest BCUT2D eigenvalue weighted by Gasteiger charge is -2.15. The Morgan fingerprint density at radius 2 is 2.00 bits per heavy atom. The maximum Gasteiger partial charge on any atom is 0.325 e. The second-order valence-corrected chi connectivity index (χ2v) is 8.25. The molecule has 0 radical (unpaired) electrons. The third-order valence-corrected chi connectivity index (χ3v) is 5.91. The molecule has 8 nitrogen and oxygen atoms in total. The molecule has 29 heavy (non-hydrogen) atoms. The zero-order valence-electron chi connectivity index (χ0n) is 15.7. The number of amides is 2. The normalized spacial score (nSPS) is 13.9. The number of rotatable bonds is 7. The number of carboxylic acids is 1. The zero-order chi connectivity index (χ0) is 21.0. The summed E-state index contributed by atoms with van der Waals surface area (Å²) in [5.74, 6) is -0.608. The Kier molecular flexibility index (Phi) is 6.71. The number of carboxylic acid groups (broad SMARTS) is 1. The third-order valence-electron chi connectivity index (χ3n) is 4.66. The number of nitrogens with zero attached hydrogens (tertiary/aromatic N) is 1. The number of urea groups is 1. The van der Waals surface area contributed by atoms with Crippen LogP contribution < -0.4 is 15.4 Å². The number of Topliss-reactive ketones (excluding diaryl/α,β-unsaturated/α-hetero) is 1. The van der Waals surface area contributed by atoms with Gasteiger partial charge in [-0.3, -0.25) is 14.9 Å². The number of ether oxygens (including phenoxy) is 1. The molecule has 1 aliphatic carbocycles. The first-order valence-electron chi connectivity index (χ1n) is 9.04. The highest BCUT2D eigenvalue weighted by Crippen LogP contribution is 2.33. The Morgan fingerprint density at radius 3 is 2.66 bits per heavy atom. The fourth-order valence-corrected chi connectivity index (χ4v) is 4.29. The Labute approximate surface area is 176 Å². The van der Waals surface area contributed by atoms with E-state index in [4.69, 9.17) is 21.4 Å². The van der Waals surface area contributed by atoms with Crippen molar-refractivity contribution in [1.29, 1.82) is 0 Å². The highest BCUT2D eigenvalue weighted by Gasteiger charge is 2.26. The molecule has 10 heteroatoms. The highest BCUT2D eigenvalue weighted by molar-refractivity contribution is 7.19. The van der Waals surface area contributed by atoms with Crippen molar-refractivity contribution in [2.45, 2.75) is 32.1 Å². The second kappa shape index (κ2) is 9.23. The highest BCUT2D eigenvalue weighted by atomic mass is 35.5. The van der Waals surface area contributed by atoms with Crippen molar-refractivity contribution < 1.29 is 24.2 Å². The molecule has 1 aliphatic rings. The molecule has 0 aliphatic heterocycles. The average Bonchev–Trinajstić information content (AvgIpc) is 3.31. The number of nitrogens with one attached hydrogen (secondary N) is 2. The number of benzene rings is 1. The summed E-state index contributed by atoms with van der Waals surface area (Å²) >= 11 is 6.93. The number of carbonyl (C=O) groups excluding carboxylic acids is 2. The first-order valence-corrected chi connectivity index (χ1v) is 10.2. The van der Waals surface area contributed by atoms with E-state index >= 15 is 0 Å². The van der Waals surface area contributed by atoms with Gasteiger partial charge in [0.2, 0.25) is 0 Å². The molecule has 0 unspecified atom stereocenters. The van der Waals surface area contributed by atoms with Gasteiger partial charge >= 0.3 is 12.0 Å². The van der Waals surface area contributed by atoms with Gasteiger partial charge in [0.05, 0.1) is 24.9 Å². The van der Waals surface area contributed by atoms with E-state index in [2.05, 4.69) is 15.6 Å². The monoisotopic (exact) mass is 437 g/mol. The summed E-state index contributed by atoms with van der Waals surface area (Å²) in [7, 11) is 1.51. The molecular formula is C19H20ClN3O5S. The standard InChI is InChI=1S/C19H20ClN3O5S/c1-28-11-6-7-13(12(8-11)16(26)10-4-2-3-5-10)21-18(27)23-19-22-14(9-15(24)25)17(20)29-19/h6-8,10H,2-5,9H2,1H3,(H,24,25)(H2,21,22,23,27). The van der Waals surface area contributed by atoms with Gasteiger partial charge in [0.1, 0.15) is 10.1 Å². The van der Waals surface area contributed by atoms with Crippen molar-refractivity contribution in [2.75, 3.05) is 17.7 Å². The molecule has 154 valence electrons. The Hall–Kier alpha value is -2.65. The molecule has 3 rings (SSSR count). The number of aliphatic carboxylic acids is 1. The van der Waals surface area contributed by atoms with Crippen LogP contribution in [-0.2, 0) is 11.2 Å². The Balaban J connectivity index is 1.76. The summed E-state index contributed by atoms with van der Waals surface area (Å²) in [5.41, 5.74) is 0.949. The molecule has 1 heterocycles. The molecule has 2 amide bonds. The van der Waals surface area contributed by atoms with E-state index < -0.39 is 12.0 Å². The average molecular weight is 438 g/mol. The van der Waals surface area contributed by atoms with Gasteiger partial charge in [-0.25, -0.2) is 9.78 Å². The summed E-state index contributed by atoms with van der Waals surface area (Å²) < 4.78 is 5.42. The number of halogens is 1. The lowest BCUT2D eigenvalue weighted by molar-refractivity contribution is -0.136. The van der Waals surface area contributed by atoms with Gasteiger partial charge in [-0.1, -0.05) is 35.8 Å². The van der Waals surface area contributed by atoms with Crippen LogP contribution in [0.15, 0.2) is 18.2 Å². The molecule has 1 fully saturated rings. The fraction of sp³-hybridized carbons (Fsp3) is 0.368. The Bertz CT molecular complexity index is 940. The van der Waals surface area contributed by atoms with Crippen molar-refractivity contribution in [2.24, 2.45) is 5.92 Å². The van der Waals surface area contributed by atoms with Crippen LogP contribution in [0.3, 0.4) is 0 Å². The fourth-order valence-electron chi connectivity index (χ4n) is 3.26. The summed E-state index contributed by atoms with van der Waals surface area (Å²) in [6, 6.07) is 4.29. The minimum atomic E-state index is -1.07. The zero-order valence-corrected chi connectivity index (χ0v) is 17.2. The number of thiazole rings is 1. The van der Waals surface area contributed by atoms with Gasteiger partial charge in [0.15, 0.2) is 10.9 Å². The topological polar surface area (TPSA) is 118 Å². The number of aromatic nitrogens is 1. The quantitative estimate of drug-likeness (QED) is 0.551. The van der Waals surface area contributed by atoms with Crippen LogP contribution >= 0.6 is 22.9 Å². The number of anilines is 2. The SMILES string of the molecule is COc1ccc(NC(=O)Nc2nc(CC(=O)O)c(Cl)s2)c(C(=O)C2CCCC2)c1. The third kappa shape index (κ3) is 5.24. The lowest BCUT2D eigenvalue weighted by Crippen LogP contribution is -2.22. The number of methoxy groups -OCH3 is 1. The van der Waals surface area contributed by atoms with Crippen LogP contribution in [0.2, 0.25) is 4.34 Å². The van der Waals surface area contributed by atoms with Crippen molar-refractivity contribution >= 4 is 51.5 Å². The molecule has 1 aromatic heterocycles. The summed E-state index contributed by atoms with van der Waals surface area (Å²) in [4.78, 5) is 40.2. The summed E-state index contributed by atoms with van der Waals surface area (Å²) in [6.45, 7) is 0. The van der Waals surface area contributed by atoms with Gasteiger partial charge in [-0.2, -0.15) is 0 Å². The van der Waals surface area contributed by atoms with Crippen molar-refractivity contribution in [3.8, 4) is 5.75 Å². The predicted molar refractivity (Wildman–Crippen MR) is 110 cm³/mol. The van der Waals surface area contributed by atoms with Gasteiger partial charge in [0, 0.05) is 11.5 Å². The first-order chi connectivity index (χ1) is 13.9. The van der Waals surface area contributed by atoms with Gasteiger partial charge in [-0.15, -0.1) is 0 Å². The molecule has 2 aromatic rings. The van der Waals surface area contributed by atoms with E-state index in [9.17, 15) is 14.4 Å². The van der Waals surface area contributed by atoms with Crippen LogP contribution in [0.1, 0.15) is 41.7 Å². The van der Waals surface area contributed by atoms with E-state index in [1.54, 1.807) is 18.2 Å². The largest absolute Gasteiger partial charge is 0.497 e. The summed E-state index contributed by atoms with van der Waals surface area (Å²) in [5, 5.41) is 14.2. The minimum Gasteiger partial charge on any atom is -0.497 e. The molecule has 0 spiro atoms. The predicted octanol–water partition coefficient (Wildman–Crippen LogP) is 4.45. The molecular weight excluding hydrogens is 418 g/mol.